The van der Waals surface area contributed by atoms with Crippen LogP contribution in [0.1, 0.15) is 35.7 Å². The molecule has 31 heavy (non-hydrogen) atoms. The minimum Gasteiger partial charge on any atom is -0.354 e. The summed E-state index contributed by atoms with van der Waals surface area (Å²) >= 11 is 1.75. The van der Waals surface area contributed by atoms with Gasteiger partial charge in [-0.05, 0) is 31.2 Å². The molecule has 0 N–H and O–H groups in total. The summed E-state index contributed by atoms with van der Waals surface area (Å²) < 4.78 is 0. The van der Waals surface area contributed by atoms with Gasteiger partial charge in [0.25, 0.3) is 0 Å². The minimum absolute atomic E-state index is 0.776. The first-order chi connectivity index (χ1) is 15.0. The largest absolute Gasteiger partial charge is 0.354 e. The van der Waals surface area contributed by atoms with Gasteiger partial charge in [0.1, 0.15) is 10.8 Å². The maximum atomic E-state index is 4.92. The zero-order valence-electron chi connectivity index (χ0n) is 18.6. The fraction of sp³-hybridized carbons (Fsp3) is 0.458. The van der Waals surface area contributed by atoms with Crippen molar-refractivity contribution in [1.29, 1.82) is 0 Å². The van der Waals surface area contributed by atoms with E-state index >= 15 is 0 Å². The molecule has 2 aromatic heterocycles. The summed E-state index contributed by atoms with van der Waals surface area (Å²) in [4.78, 5) is 21.0. The van der Waals surface area contributed by atoms with E-state index in [1.807, 2.05) is 25.9 Å². The van der Waals surface area contributed by atoms with Crippen LogP contribution in [0.15, 0.2) is 35.7 Å². The summed E-state index contributed by atoms with van der Waals surface area (Å²) in [6.07, 6.45) is 2.70. The molecule has 6 nitrogen and oxygen atoms in total. The molecule has 0 radical (unpaired) electrons. The number of aromatic nitrogens is 3. The molecule has 3 aromatic rings. The summed E-state index contributed by atoms with van der Waals surface area (Å²) in [6.45, 7) is 6.93. The second-order valence-corrected chi connectivity index (χ2v) is 9.72. The molecule has 1 aliphatic heterocycles. The number of benzene rings is 1. The molecule has 0 bridgehead atoms. The molecule has 5 rings (SSSR count). The van der Waals surface area contributed by atoms with Gasteiger partial charge in [-0.15, -0.1) is 11.3 Å². The average Bonchev–Trinajstić information content (AvgIpc) is 3.53. The van der Waals surface area contributed by atoms with Crippen molar-refractivity contribution in [2.75, 3.05) is 50.1 Å². The Morgan fingerprint density at radius 2 is 1.74 bits per heavy atom. The average molecular weight is 435 g/mol. The fourth-order valence-corrected chi connectivity index (χ4v) is 4.91. The lowest BCUT2D eigenvalue weighted by Gasteiger charge is -2.35. The fourth-order valence-electron chi connectivity index (χ4n) is 4.09. The Bertz CT molecular complexity index is 1030. The highest BCUT2D eigenvalue weighted by molar-refractivity contribution is 7.13. The number of thiazole rings is 1. The molecule has 0 amide bonds. The van der Waals surface area contributed by atoms with Crippen LogP contribution in [0.5, 0.6) is 0 Å². The number of piperazine rings is 1. The minimum atomic E-state index is 0.776. The number of rotatable bonds is 6. The first-order valence-corrected chi connectivity index (χ1v) is 12.0. The van der Waals surface area contributed by atoms with Crippen LogP contribution in [0.25, 0.3) is 10.6 Å². The van der Waals surface area contributed by atoms with E-state index in [2.05, 4.69) is 50.5 Å². The van der Waals surface area contributed by atoms with E-state index in [1.54, 1.807) is 11.3 Å². The maximum absolute atomic E-state index is 4.92. The molecule has 1 aliphatic carbocycles. The Labute approximate surface area is 188 Å². The number of anilines is 2. The van der Waals surface area contributed by atoms with Gasteiger partial charge in [0.05, 0.1) is 5.69 Å². The summed E-state index contributed by atoms with van der Waals surface area (Å²) in [5, 5.41) is 3.34. The number of hydrogen-bond donors (Lipinski definition) is 0. The number of nitrogens with zero attached hydrogens (tertiary/aromatic N) is 6. The van der Waals surface area contributed by atoms with Gasteiger partial charge in [-0.1, -0.05) is 24.3 Å². The van der Waals surface area contributed by atoms with Crippen molar-refractivity contribution in [3.63, 3.8) is 0 Å². The Morgan fingerprint density at radius 3 is 2.42 bits per heavy atom. The van der Waals surface area contributed by atoms with Crippen molar-refractivity contribution < 1.29 is 0 Å². The van der Waals surface area contributed by atoms with Crippen LogP contribution in [0.4, 0.5) is 11.8 Å². The van der Waals surface area contributed by atoms with Crippen molar-refractivity contribution in [3.05, 3.63) is 52.7 Å². The molecule has 1 saturated heterocycles. The van der Waals surface area contributed by atoms with E-state index in [0.717, 1.165) is 61.1 Å². The van der Waals surface area contributed by atoms with Gasteiger partial charge < -0.3 is 9.80 Å². The first kappa shape index (κ1) is 20.4. The highest BCUT2D eigenvalue weighted by Crippen LogP contribution is 2.40. The normalized spacial score (nSPS) is 17.2. The van der Waals surface area contributed by atoms with Gasteiger partial charge >= 0.3 is 0 Å². The highest BCUT2D eigenvalue weighted by Gasteiger charge is 2.23. The topological polar surface area (TPSA) is 48.4 Å². The molecule has 3 heterocycles. The van der Waals surface area contributed by atoms with Crippen LogP contribution >= 0.6 is 11.3 Å². The molecule has 1 aromatic carbocycles. The quantitative estimate of drug-likeness (QED) is 0.580. The monoisotopic (exact) mass is 434 g/mol. The third-order valence-corrected chi connectivity index (χ3v) is 7.01. The summed E-state index contributed by atoms with van der Waals surface area (Å²) in [5.74, 6) is 2.61. The third-order valence-electron chi connectivity index (χ3n) is 6.07. The second-order valence-electron chi connectivity index (χ2n) is 8.87. The Kier molecular flexibility index (Phi) is 5.63. The van der Waals surface area contributed by atoms with E-state index in [4.69, 9.17) is 9.97 Å². The molecular formula is C24H30N6S. The van der Waals surface area contributed by atoms with Gasteiger partial charge in [-0.25, -0.2) is 9.97 Å². The molecule has 1 saturated carbocycles. The van der Waals surface area contributed by atoms with E-state index < -0.39 is 0 Å². The van der Waals surface area contributed by atoms with E-state index in [1.165, 1.54) is 29.7 Å². The van der Waals surface area contributed by atoms with Crippen LogP contribution < -0.4 is 9.80 Å². The van der Waals surface area contributed by atoms with Gasteiger partial charge in [0, 0.05) is 69.5 Å². The van der Waals surface area contributed by atoms with Crippen LogP contribution in [0.3, 0.4) is 0 Å². The van der Waals surface area contributed by atoms with Crippen molar-refractivity contribution in [2.24, 2.45) is 0 Å². The lowest BCUT2D eigenvalue weighted by Crippen LogP contribution is -2.46. The summed E-state index contributed by atoms with van der Waals surface area (Å²) in [7, 11) is 3.97. The summed E-state index contributed by atoms with van der Waals surface area (Å²) in [5.41, 5.74) is 4.90. The van der Waals surface area contributed by atoms with Gasteiger partial charge in [0.2, 0.25) is 5.95 Å². The molecule has 2 aliphatic rings. The zero-order chi connectivity index (χ0) is 21.4. The summed E-state index contributed by atoms with van der Waals surface area (Å²) in [6, 6.07) is 11.1. The molecule has 7 heteroatoms. The standard InChI is InChI=1S/C24H30N6S/c1-17-14-22(27-24(25-17)28(2)3)30-12-10-29(11-13-30)15-21-16-31-23(26-21)20-8-6-19(7-9-20)18-4-5-18/h6-9,14,16,18H,4-5,10-13,15H2,1-3H3. The predicted molar refractivity (Wildman–Crippen MR) is 128 cm³/mol. The highest BCUT2D eigenvalue weighted by atomic mass is 32.1. The first-order valence-electron chi connectivity index (χ1n) is 11.1. The molecule has 162 valence electrons. The second kappa shape index (κ2) is 8.55. The maximum Gasteiger partial charge on any atom is 0.226 e. The van der Waals surface area contributed by atoms with Crippen molar-refractivity contribution in [3.8, 4) is 10.6 Å². The number of hydrogen-bond acceptors (Lipinski definition) is 7. The predicted octanol–water partition coefficient (Wildman–Crippen LogP) is 4.17. The van der Waals surface area contributed by atoms with Gasteiger partial charge in [0.15, 0.2) is 0 Å². The smallest absolute Gasteiger partial charge is 0.226 e. The lowest BCUT2D eigenvalue weighted by molar-refractivity contribution is 0.247. The van der Waals surface area contributed by atoms with Crippen LogP contribution in [-0.2, 0) is 6.54 Å². The molecule has 0 unspecified atom stereocenters. The molecule has 0 atom stereocenters. The SMILES string of the molecule is Cc1cc(N2CCN(Cc3csc(-c4ccc(C5CC5)cc4)n3)CC2)nc(N(C)C)n1. The molecule has 2 fully saturated rings. The third kappa shape index (κ3) is 4.72. The molecular weight excluding hydrogens is 404 g/mol. The van der Waals surface area contributed by atoms with Gasteiger partial charge in [-0.3, -0.25) is 4.90 Å². The van der Waals surface area contributed by atoms with E-state index in [9.17, 15) is 0 Å². The van der Waals surface area contributed by atoms with Crippen molar-refractivity contribution in [1.82, 2.24) is 19.9 Å². The van der Waals surface area contributed by atoms with E-state index in [-0.39, 0.29) is 0 Å². The van der Waals surface area contributed by atoms with Gasteiger partial charge in [-0.2, -0.15) is 4.98 Å². The van der Waals surface area contributed by atoms with E-state index in [0.29, 0.717) is 0 Å². The van der Waals surface area contributed by atoms with Crippen LogP contribution in [-0.4, -0.2) is 60.1 Å². The Morgan fingerprint density at radius 1 is 1.00 bits per heavy atom. The molecule has 0 spiro atoms. The lowest BCUT2D eigenvalue weighted by atomic mass is 10.1. The van der Waals surface area contributed by atoms with Crippen molar-refractivity contribution in [2.45, 2.75) is 32.2 Å². The van der Waals surface area contributed by atoms with Crippen molar-refractivity contribution >= 4 is 23.1 Å². The zero-order valence-corrected chi connectivity index (χ0v) is 19.4. The van der Waals surface area contributed by atoms with Crippen LogP contribution in [0, 0.1) is 6.92 Å². The van der Waals surface area contributed by atoms with Crippen LogP contribution in [0.2, 0.25) is 0 Å². The Hall–Kier alpha value is -2.51. The Balaban J connectivity index is 1.18. The number of aryl methyl sites for hydroxylation is 1.